The van der Waals surface area contributed by atoms with Gasteiger partial charge in [0.25, 0.3) is 0 Å². The largest absolute Gasteiger partial charge is 0.337 e. The highest BCUT2D eigenvalue weighted by molar-refractivity contribution is 5.94. The molecule has 1 aliphatic heterocycles. The van der Waals surface area contributed by atoms with Crippen LogP contribution in [0.5, 0.6) is 0 Å². The number of hydrogen-bond acceptors (Lipinski definition) is 5. The minimum atomic E-state index is 0.0983. The molecule has 2 heterocycles. The van der Waals surface area contributed by atoms with Gasteiger partial charge in [0.1, 0.15) is 11.6 Å². The van der Waals surface area contributed by atoms with Crippen LogP contribution in [0.15, 0.2) is 24.3 Å². The Kier molecular flexibility index (Phi) is 10.0. The lowest BCUT2D eigenvalue weighted by molar-refractivity contribution is -0.132. The maximum Gasteiger partial charge on any atom is 0.227 e. The fourth-order valence-corrected chi connectivity index (χ4v) is 4.90. The van der Waals surface area contributed by atoms with Gasteiger partial charge in [-0.1, -0.05) is 45.9 Å². The number of anilines is 1. The highest BCUT2D eigenvalue weighted by Crippen LogP contribution is 2.25. The standard InChI is InChI=1S/C28H44N6O2/c1-21(2)18-28(36)33-14-9-13-31(19-22(3)4)16-17-32(20-25-10-7-8-11-26(25)33)27(35)12-15-34-24(6)29-23(5)30-34/h7-8,10-11,21-22H,9,12-20H2,1-6H3. The zero-order chi connectivity index (χ0) is 26.2. The molecule has 0 saturated heterocycles. The molecular weight excluding hydrogens is 452 g/mol. The lowest BCUT2D eigenvalue weighted by Gasteiger charge is -2.29. The van der Waals surface area contributed by atoms with Gasteiger partial charge in [0, 0.05) is 51.3 Å². The number of amides is 2. The molecule has 198 valence electrons. The number of fused-ring (bicyclic) bond motifs is 1. The summed E-state index contributed by atoms with van der Waals surface area (Å²) in [6, 6.07) is 8.07. The summed E-state index contributed by atoms with van der Waals surface area (Å²) in [6.45, 7) is 17.5. The van der Waals surface area contributed by atoms with Crippen LogP contribution in [-0.2, 0) is 22.7 Å². The molecule has 0 atom stereocenters. The zero-order valence-electron chi connectivity index (χ0n) is 23.0. The minimum absolute atomic E-state index is 0.0983. The van der Waals surface area contributed by atoms with Crippen molar-refractivity contribution in [2.45, 2.75) is 73.9 Å². The van der Waals surface area contributed by atoms with Crippen molar-refractivity contribution in [1.29, 1.82) is 0 Å². The topological polar surface area (TPSA) is 74.6 Å². The minimum Gasteiger partial charge on any atom is -0.337 e. The van der Waals surface area contributed by atoms with Crippen LogP contribution in [0, 0.1) is 25.7 Å². The number of aryl methyl sites for hydroxylation is 3. The molecule has 8 heteroatoms. The number of para-hydroxylation sites is 1. The Labute approximate surface area is 216 Å². The van der Waals surface area contributed by atoms with Gasteiger partial charge in [-0.25, -0.2) is 9.67 Å². The van der Waals surface area contributed by atoms with Crippen LogP contribution >= 0.6 is 0 Å². The van der Waals surface area contributed by atoms with Gasteiger partial charge < -0.3 is 14.7 Å². The smallest absolute Gasteiger partial charge is 0.227 e. The van der Waals surface area contributed by atoms with Gasteiger partial charge in [-0.05, 0) is 50.3 Å². The van der Waals surface area contributed by atoms with E-state index in [9.17, 15) is 9.59 Å². The van der Waals surface area contributed by atoms with Crippen LogP contribution in [0.1, 0.15) is 64.2 Å². The third-order valence-corrected chi connectivity index (χ3v) is 6.55. The summed E-state index contributed by atoms with van der Waals surface area (Å²) >= 11 is 0. The van der Waals surface area contributed by atoms with Crippen LogP contribution in [0.3, 0.4) is 0 Å². The SMILES string of the molecule is Cc1nc(C)n(CCC(=O)N2CCN(CC(C)C)CCCN(C(=O)CC(C)C)c3ccccc3C2)n1. The maximum absolute atomic E-state index is 13.5. The van der Waals surface area contributed by atoms with Gasteiger partial charge in [-0.3, -0.25) is 9.59 Å². The summed E-state index contributed by atoms with van der Waals surface area (Å²) in [4.78, 5) is 37.5. The second-order valence-corrected chi connectivity index (χ2v) is 10.8. The first-order valence-corrected chi connectivity index (χ1v) is 13.4. The average molecular weight is 497 g/mol. The van der Waals surface area contributed by atoms with E-state index in [4.69, 9.17) is 0 Å². The summed E-state index contributed by atoms with van der Waals surface area (Å²) in [7, 11) is 0. The van der Waals surface area contributed by atoms with Crippen LogP contribution in [0.4, 0.5) is 5.69 Å². The zero-order valence-corrected chi connectivity index (χ0v) is 23.0. The molecule has 1 aromatic carbocycles. The fourth-order valence-electron chi connectivity index (χ4n) is 4.90. The number of benzene rings is 1. The Hall–Kier alpha value is -2.74. The molecule has 0 spiro atoms. The molecule has 2 amide bonds. The molecule has 8 nitrogen and oxygen atoms in total. The van der Waals surface area contributed by atoms with Crippen molar-refractivity contribution < 1.29 is 9.59 Å². The third kappa shape index (κ3) is 7.88. The Morgan fingerprint density at radius 3 is 2.36 bits per heavy atom. The van der Waals surface area contributed by atoms with E-state index >= 15 is 0 Å². The van der Waals surface area contributed by atoms with Gasteiger partial charge in [0.05, 0.1) is 6.54 Å². The molecule has 36 heavy (non-hydrogen) atoms. The lowest BCUT2D eigenvalue weighted by atomic mass is 10.1. The molecule has 0 bridgehead atoms. The molecule has 1 aromatic heterocycles. The lowest BCUT2D eigenvalue weighted by Crippen LogP contribution is -2.40. The average Bonchev–Trinajstić information content (AvgIpc) is 3.11. The first-order valence-electron chi connectivity index (χ1n) is 13.4. The predicted molar refractivity (Wildman–Crippen MR) is 144 cm³/mol. The molecule has 0 N–H and O–H groups in total. The Balaban J connectivity index is 1.87. The molecule has 0 unspecified atom stereocenters. The van der Waals surface area contributed by atoms with Crippen molar-refractivity contribution in [2.24, 2.45) is 11.8 Å². The first-order chi connectivity index (χ1) is 17.1. The van der Waals surface area contributed by atoms with Gasteiger partial charge in [-0.2, -0.15) is 5.10 Å². The van der Waals surface area contributed by atoms with E-state index < -0.39 is 0 Å². The summed E-state index contributed by atoms with van der Waals surface area (Å²) in [5, 5.41) is 4.42. The van der Waals surface area contributed by atoms with E-state index in [1.54, 1.807) is 0 Å². The van der Waals surface area contributed by atoms with Crippen LogP contribution in [-0.4, -0.2) is 69.1 Å². The fraction of sp³-hybridized carbons (Fsp3) is 0.643. The van der Waals surface area contributed by atoms with Crippen molar-refractivity contribution in [3.63, 3.8) is 0 Å². The van der Waals surface area contributed by atoms with Gasteiger partial charge in [0.2, 0.25) is 11.8 Å². The second-order valence-electron chi connectivity index (χ2n) is 10.8. The van der Waals surface area contributed by atoms with E-state index in [1.807, 2.05) is 46.5 Å². The second kappa shape index (κ2) is 13.0. The number of hydrogen-bond donors (Lipinski definition) is 0. The Morgan fingerprint density at radius 2 is 1.69 bits per heavy atom. The highest BCUT2D eigenvalue weighted by atomic mass is 16.2. The molecular formula is C28H44N6O2. The van der Waals surface area contributed by atoms with Crippen molar-refractivity contribution in [1.82, 2.24) is 24.6 Å². The predicted octanol–water partition coefficient (Wildman–Crippen LogP) is 4.05. The van der Waals surface area contributed by atoms with E-state index in [0.717, 1.165) is 49.0 Å². The van der Waals surface area contributed by atoms with Gasteiger partial charge in [0.15, 0.2) is 0 Å². The van der Waals surface area contributed by atoms with Crippen molar-refractivity contribution in [3.05, 3.63) is 41.5 Å². The molecule has 1 aliphatic rings. The van der Waals surface area contributed by atoms with E-state index in [0.29, 0.717) is 50.9 Å². The number of carbonyl (C=O) groups excluding carboxylic acids is 2. The number of rotatable bonds is 7. The number of nitrogens with zero attached hydrogens (tertiary/aromatic N) is 6. The van der Waals surface area contributed by atoms with E-state index in [1.165, 1.54) is 0 Å². The highest BCUT2D eigenvalue weighted by Gasteiger charge is 2.24. The molecule has 0 saturated carbocycles. The monoisotopic (exact) mass is 496 g/mol. The van der Waals surface area contributed by atoms with Crippen LogP contribution in [0.2, 0.25) is 0 Å². The first kappa shape index (κ1) is 27.8. The summed E-state index contributed by atoms with van der Waals surface area (Å²) in [5.41, 5.74) is 1.95. The van der Waals surface area contributed by atoms with Crippen molar-refractivity contribution in [3.8, 4) is 0 Å². The van der Waals surface area contributed by atoms with Gasteiger partial charge >= 0.3 is 0 Å². The number of carbonyl (C=O) groups is 2. The normalized spacial score (nSPS) is 15.8. The summed E-state index contributed by atoms with van der Waals surface area (Å²) < 4.78 is 1.81. The number of aromatic nitrogens is 3. The molecule has 0 fully saturated rings. The maximum atomic E-state index is 13.5. The Morgan fingerprint density at radius 1 is 0.944 bits per heavy atom. The van der Waals surface area contributed by atoms with Gasteiger partial charge in [-0.15, -0.1) is 0 Å². The quantitative estimate of drug-likeness (QED) is 0.578. The molecule has 0 aliphatic carbocycles. The van der Waals surface area contributed by atoms with Crippen molar-refractivity contribution >= 4 is 17.5 Å². The van der Waals surface area contributed by atoms with E-state index in [-0.39, 0.29) is 11.8 Å². The van der Waals surface area contributed by atoms with E-state index in [2.05, 4.69) is 48.7 Å². The molecule has 3 rings (SSSR count). The summed E-state index contributed by atoms with van der Waals surface area (Å²) in [6.07, 6.45) is 1.79. The van der Waals surface area contributed by atoms with Crippen molar-refractivity contribution in [2.75, 3.05) is 37.6 Å². The van der Waals surface area contributed by atoms with Crippen LogP contribution in [0.25, 0.3) is 0 Å². The summed E-state index contributed by atoms with van der Waals surface area (Å²) in [5.74, 6) is 2.63. The molecule has 2 aromatic rings. The Bertz CT molecular complexity index is 1020. The molecule has 0 radical (unpaired) electrons. The third-order valence-electron chi connectivity index (χ3n) is 6.55. The van der Waals surface area contributed by atoms with Crippen LogP contribution < -0.4 is 4.90 Å².